The smallest absolute Gasteiger partial charge is 0.161 e. The van der Waals surface area contributed by atoms with Crippen LogP contribution in [0, 0.1) is 0 Å². The fourth-order valence-electron chi connectivity index (χ4n) is 9.26. The third-order valence-corrected chi connectivity index (χ3v) is 12.0. The van der Waals surface area contributed by atoms with Gasteiger partial charge in [0.1, 0.15) is 0 Å². The molecule has 9 aromatic carbocycles. The van der Waals surface area contributed by atoms with E-state index >= 15 is 0 Å². The first-order valence-electron chi connectivity index (χ1n) is 19.3. The molecule has 1 aliphatic carbocycles. The molecule has 1 heterocycles. The monoisotopic (exact) mass is 712 g/mol. The topological polar surface area (TPSA) is 25.8 Å². The van der Waals surface area contributed by atoms with E-state index in [-0.39, 0.29) is 0 Å². The average molecular weight is 713 g/mol. The van der Waals surface area contributed by atoms with Crippen molar-refractivity contribution in [2.45, 2.75) is 12.3 Å². The van der Waals surface area contributed by atoms with Crippen molar-refractivity contribution in [1.29, 1.82) is 0 Å². The summed E-state index contributed by atoms with van der Waals surface area (Å²) in [5.41, 5.74) is 13.4. The maximum absolute atomic E-state index is 5.63. The van der Waals surface area contributed by atoms with Crippen molar-refractivity contribution in [3.63, 3.8) is 0 Å². The third kappa shape index (κ3) is 4.96. The Labute approximate surface area is 326 Å². The van der Waals surface area contributed by atoms with Crippen LogP contribution < -0.4 is 0 Å². The normalized spacial score (nSPS) is 14.6. The quantitative estimate of drug-likeness (QED) is 0.131. The molecule has 0 radical (unpaired) electrons. The summed E-state index contributed by atoms with van der Waals surface area (Å²) in [4.78, 5) is 11.1. The predicted octanol–water partition coefficient (Wildman–Crippen LogP) is 13.9. The highest BCUT2D eigenvalue weighted by Crippen LogP contribution is 2.55. The second-order valence-electron chi connectivity index (χ2n) is 15.0. The van der Waals surface area contributed by atoms with Crippen LogP contribution in [0.3, 0.4) is 0 Å². The van der Waals surface area contributed by atoms with Crippen LogP contribution in [0.1, 0.15) is 23.6 Å². The Hall–Kier alpha value is -7.16. The SMILES string of the molecule is CC1(c2ccccc2)c2ccccc2-c2cccc(-c3cc(-c4ccc(-c5ccccc5)cc4)nc(-c4c5ccccc5cc5c4ccc4ccccc45)n3)c21. The zero-order chi connectivity index (χ0) is 37.2. The molecule has 1 aromatic heterocycles. The van der Waals surface area contributed by atoms with Crippen molar-refractivity contribution in [1.82, 2.24) is 9.97 Å². The van der Waals surface area contributed by atoms with Gasteiger partial charge in [-0.05, 0) is 90.3 Å². The first-order valence-corrected chi connectivity index (χ1v) is 19.3. The Bertz CT molecular complexity index is 3130. The van der Waals surface area contributed by atoms with Gasteiger partial charge in [-0.1, -0.05) is 188 Å². The summed E-state index contributed by atoms with van der Waals surface area (Å²) in [6.45, 7) is 2.38. The molecule has 56 heavy (non-hydrogen) atoms. The minimum atomic E-state index is -0.391. The number of fused-ring (bicyclic) bond motifs is 7. The van der Waals surface area contributed by atoms with Crippen LogP contribution in [-0.4, -0.2) is 9.97 Å². The van der Waals surface area contributed by atoms with Crippen LogP contribution >= 0.6 is 0 Å². The van der Waals surface area contributed by atoms with E-state index in [1.165, 1.54) is 60.5 Å². The van der Waals surface area contributed by atoms with E-state index in [9.17, 15) is 0 Å². The molecule has 0 bridgehead atoms. The molecule has 1 unspecified atom stereocenters. The van der Waals surface area contributed by atoms with E-state index in [0.717, 1.165) is 44.7 Å². The zero-order valence-corrected chi connectivity index (χ0v) is 30.9. The van der Waals surface area contributed by atoms with Crippen molar-refractivity contribution in [3.05, 3.63) is 217 Å². The van der Waals surface area contributed by atoms with Crippen molar-refractivity contribution < 1.29 is 0 Å². The summed E-state index contributed by atoms with van der Waals surface area (Å²) in [5, 5.41) is 7.09. The van der Waals surface area contributed by atoms with Crippen LogP contribution in [0.15, 0.2) is 200 Å². The van der Waals surface area contributed by atoms with Gasteiger partial charge in [-0.2, -0.15) is 0 Å². The molecule has 1 aliphatic rings. The van der Waals surface area contributed by atoms with Crippen molar-refractivity contribution in [2.24, 2.45) is 0 Å². The number of hydrogen-bond acceptors (Lipinski definition) is 2. The maximum Gasteiger partial charge on any atom is 0.161 e. The molecule has 0 fully saturated rings. The van der Waals surface area contributed by atoms with Crippen LogP contribution in [0.2, 0.25) is 0 Å². The van der Waals surface area contributed by atoms with Gasteiger partial charge in [-0.3, -0.25) is 0 Å². The molecule has 0 saturated carbocycles. The number of rotatable bonds is 5. The summed E-state index contributed by atoms with van der Waals surface area (Å²) in [6, 6.07) is 72.2. The third-order valence-electron chi connectivity index (χ3n) is 12.0. The van der Waals surface area contributed by atoms with E-state index in [1.54, 1.807) is 0 Å². The van der Waals surface area contributed by atoms with Gasteiger partial charge in [0, 0.05) is 22.1 Å². The molecular weight excluding hydrogens is 677 g/mol. The van der Waals surface area contributed by atoms with Crippen LogP contribution in [0.4, 0.5) is 0 Å². The van der Waals surface area contributed by atoms with Gasteiger partial charge < -0.3 is 0 Å². The second kappa shape index (κ2) is 12.7. The second-order valence-corrected chi connectivity index (χ2v) is 15.0. The van der Waals surface area contributed by atoms with Gasteiger partial charge in [-0.25, -0.2) is 9.97 Å². The molecule has 0 saturated heterocycles. The Morgan fingerprint density at radius 1 is 0.375 bits per heavy atom. The molecule has 1 atom stereocenters. The fourth-order valence-corrected chi connectivity index (χ4v) is 9.26. The summed E-state index contributed by atoms with van der Waals surface area (Å²) < 4.78 is 0. The fraction of sp³-hybridized carbons (Fsp3) is 0.0370. The number of benzene rings is 9. The van der Waals surface area contributed by atoms with E-state index in [2.05, 4.69) is 207 Å². The molecule has 0 spiro atoms. The molecule has 10 aromatic rings. The molecule has 262 valence electrons. The lowest BCUT2D eigenvalue weighted by Gasteiger charge is -2.30. The molecule has 2 nitrogen and oxygen atoms in total. The van der Waals surface area contributed by atoms with Crippen LogP contribution in [-0.2, 0) is 5.41 Å². The molecular formula is C54H36N2. The lowest BCUT2D eigenvalue weighted by molar-refractivity contribution is 0.715. The summed E-state index contributed by atoms with van der Waals surface area (Å²) in [7, 11) is 0. The van der Waals surface area contributed by atoms with E-state index < -0.39 is 5.41 Å². The Kier molecular flexibility index (Phi) is 7.33. The summed E-state index contributed by atoms with van der Waals surface area (Å²) in [5.74, 6) is 0.719. The predicted molar refractivity (Wildman–Crippen MR) is 234 cm³/mol. The standard InChI is InChI=1S/C54H36N2/c1-54(40-19-6-3-7-20-40)48-26-13-12-23-43(48)45-24-14-25-46(52(45)54)50-34-49(38-29-27-36(28-30-38)35-15-4-2-5-16-35)55-53(56-50)51-42-22-11-9-18-39(42)33-47-41-21-10-8-17-37(41)31-32-44(47)51/h2-34H,1H3. The molecule has 2 heteroatoms. The molecule has 0 aliphatic heterocycles. The van der Waals surface area contributed by atoms with Gasteiger partial charge in [0.25, 0.3) is 0 Å². The van der Waals surface area contributed by atoms with Crippen molar-refractivity contribution in [2.75, 3.05) is 0 Å². The number of aromatic nitrogens is 2. The van der Waals surface area contributed by atoms with Crippen LogP contribution in [0.25, 0.3) is 88.5 Å². The molecule has 11 rings (SSSR count). The summed E-state index contributed by atoms with van der Waals surface area (Å²) in [6.07, 6.45) is 0. The van der Waals surface area contributed by atoms with Crippen molar-refractivity contribution in [3.8, 4) is 56.2 Å². The van der Waals surface area contributed by atoms with E-state index in [0.29, 0.717) is 0 Å². The highest BCUT2D eigenvalue weighted by atomic mass is 14.9. The van der Waals surface area contributed by atoms with Gasteiger partial charge in [0.15, 0.2) is 5.82 Å². The largest absolute Gasteiger partial charge is 0.228 e. The van der Waals surface area contributed by atoms with Gasteiger partial charge >= 0.3 is 0 Å². The van der Waals surface area contributed by atoms with E-state index in [1.807, 2.05) is 0 Å². The van der Waals surface area contributed by atoms with Gasteiger partial charge in [0.2, 0.25) is 0 Å². The molecule has 0 N–H and O–H groups in total. The average Bonchev–Trinajstić information content (AvgIpc) is 3.54. The highest BCUT2D eigenvalue weighted by Gasteiger charge is 2.42. The van der Waals surface area contributed by atoms with Gasteiger partial charge in [-0.15, -0.1) is 0 Å². The first kappa shape index (κ1) is 32.3. The number of nitrogens with zero attached hydrogens (tertiary/aromatic N) is 2. The Balaban J connectivity index is 1.21. The number of hydrogen-bond donors (Lipinski definition) is 0. The van der Waals surface area contributed by atoms with Crippen molar-refractivity contribution >= 4 is 32.3 Å². The molecule has 0 amide bonds. The highest BCUT2D eigenvalue weighted by molar-refractivity contribution is 6.19. The lowest BCUT2D eigenvalue weighted by Crippen LogP contribution is -2.23. The Morgan fingerprint density at radius 2 is 0.982 bits per heavy atom. The zero-order valence-electron chi connectivity index (χ0n) is 30.9. The lowest BCUT2D eigenvalue weighted by atomic mass is 9.72. The Morgan fingerprint density at radius 3 is 1.80 bits per heavy atom. The van der Waals surface area contributed by atoms with Crippen LogP contribution in [0.5, 0.6) is 0 Å². The first-order chi connectivity index (χ1) is 27.6. The minimum Gasteiger partial charge on any atom is -0.228 e. The minimum absolute atomic E-state index is 0.391. The van der Waals surface area contributed by atoms with E-state index in [4.69, 9.17) is 9.97 Å². The summed E-state index contributed by atoms with van der Waals surface area (Å²) >= 11 is 0. The maximum atomic E-state index is 5.63. The van der Waals surface area contributed by atoms with Gasteiger partial charge in [0.05, 0.1) is 11.4 Å².